The number of aromatic nitrogens is 6. The van der Waals surface area contributed by atoms with Gasteiger partial charge in [0.25, 0.3) is 0 Å². The number of carbonyl (C=O) groups is 1. The molecule has 2 aromatic heterocycles. The summed E-state index contributed by atoms with van der Waals surface area (Å²) in [5.74, 6) is 1.52. The number of hydrogen-bond acceptors (Lipinski definition) is 5. The molecule has 0 saturated carbocycles. The van der Waals surface area contributed by atoms with Crippen LogP contribution in [-0.4, -0.2) is 35.9 Å². The Labute approximate surface area is 200 Å². The van der Waals surface area contributed by atoms with Crippen molar-refractivity contribution in [3.05, 3.63) is 89.2 Å². The molecule has 2 heterocycles. The normalized spacial score (nSPS) is 10.9. The van der Waals surface area contributed by atoms with Crippen LogP contribution in [0.2, 0.25) is 0 Å². The highest BCUT2D eigenvalue weighted by molar-refractivity contribution is 7.71. The van der Waals surface area contributed by atoms with Crippen LogP contribution in [0.4, 0.5) is 5.69 Å². The number of benzene rings is 3. The highest BCUT2D eigenvalue weighted by atomic mass is 32.1. The second kappa shape index (κ2) is 9.24. The van der Waals surface area contributed by atoms with Crippen LogP contribution in [0.3, 0.4) is 0 Å². The second-order valence-electron chi connectivity index (χ2n) is 7.77. The van der Waals surface area contributed by atoms with Crippen LogP contribution >= 0.6 is 12.2 Å². The Kier molecular flexibility index (Phi) is 5.84. The first-order chi connectivity index (χ1) is 16.6. The number of nitrogens with zero attached hydrogens (tertiary/aromatic N) is 4. The molecule has 0 radical (unpaired) electrons. The van der Waals surface area contributed by atoms with Crippen molar-refractivity contribution in [2.24, 2.45) is 0 Å². The first-order valence-electron chi connectivity index (χ1n) is 10.7. The van der Waals surface area contributed by atoms with E-state index >= 15 is 0 Å². The fourth-order valence-electron chi connectivity index (χ4n) is 3.62. The van der Waals surface area contributed by atoms with Crippen LogP contribution in [0.1, 0.15) is 5.56 Å². The summed E-state index contributed by atoms with van der Waals surface area (Å²) in [6.07, 6.45) is 0. The van der Waals surface area contributed by atoms with E-state index in [-0.39, 0.29) is 12.5 Å². The predicted molar refractivity (Wildman–Crippen MR) is 133 cm³/mol. The highest BCUT2D eigenvalue weighted by Crippen LogP contribution is 2.27. The van der Waals surface area contributed by atoms with Crippen LogP contribution in [0.15, 0.2) is 78.9 Å². The summed E-state index contributed by atoms with van der Waals surface area (Å²) in [5, 5.41) is 17.4. The molecular weight excluding hydrogens is 446 g/mol. The van der Waals surface area contributed by atoms with Gasteiger partial charge in [-0.15, -0.1) is 0 Å². The number of hydrogen-bond donors (Lipinski definition) is 3. The minimum absolute atomic E-state index is 0.0124. The van der Waals surface area contributed by atoms with Crippen molar-refractivity contribution in [2.45, 2.75) is 13.5 Å². The van der Waals surface area contributed by atoms with Gasteiger partial charge in [0.15, 0.2) is 22.2 Å². The third kappa shape index (κ3) is 4.41. The van der Waals surface area contributed by atoms with E-state index in [0.29, 0.717) is 27.9 Å². The molecule has 3 N–H and O–H groups in total. The summed E-state index contributed by atoms with van der Waals surface area (Å²) in [4.78, 5) is 17.6. The first-order valence-corrected chi connectivity index (χ1v) is 11.1. The summed E-state index contributed by atoms with van der Waals surface area (Å²) < 4.78 is 2.06. The SMILES string of the molecule is Cc1ccc(-c2n[nH]c(=S)n2CC(=O)Nc2ccccc2-c2nc(-c3ccccc3)n[nH]2)cc1. The average molecular weight is 468 g/mol. The van der Waals surface area contributed by atoms with E-state index in [1.54, 1.807) is 4.57 Å². The Bertz CT molecular complexity index is 1500. The van der Waals surface area contributed by atoms with Gasteiger partial charge in [0.1, 0.15) is 6.54 Å². The predicted octanol–water partition coefficient (Wildman–Crippen LogP) is 5.01. The summed E-state index contributed by atoms with van der Waals surface area (Å²) in [6.45, 7) is 2.03. The number of carbonyl (C=O) groups excluding carboxylic acids is 1. The zero-order valence-electron chi connectivity index (χ0n) is 18.3. The van der Waals surface area contributed by atoms with Crippen molar-refractivity contribution in [2.75, 3.05) is 5.32 Å². The Morgan fingerprint density at radius 1 is 0.912 bits per heavy atom. The van der Waals surface area contributed by atoms with Gasteiger partial charge in [-0.25, -0.2) is 4.98 Å². The molecule has 0 aliphatic heterocycles. The quantitative estimate of drug-likeness (QED) is 0.305. The number of para-hydroxylation sites is 1. The summed E-state index contributed by atoms with van der Waals surface area (Å²) in [7, 11) is 0. The van der Waals surface area contributed by atoms with Crippen LogP contribution < -0.4 is 5.32 Å². The van der Waals surface area contributed by atoms with Crippen molar-refractivity contribution in [1.29, 1.82) is 0 Å². The molecule has 9 heteroatoms. The zero-order chi connectivity index (χ0) is 23.5. The minimum Gasteiger partial charge on any atom is -0.324 e. The van der Waals surface area contributed by atoms with E-state index in [9.17, 15) is 4.79 Å². The number of rotatable bonds is 6. The first kappa shape index (κ1) is 21.5. The molecule has 3 aromatic carbocycles. The molecule has 0 saturated heterocycles. The zero-order valence-corrected chi connectivity index (χ0v) is 19.1. The maximum absolute atomic E-state index is 13.0. The molecule has 34 heavy (non-hydrogen) atoms. The number of anilines is 1. The molecular formula is C25H21N7OS. The lowest BCUT2D eigenvalue weighted by Gasteiger charge is -2.11. The van der Waals surface area contributed by atoms with Crippen molar-refractivity contribution in [1.82, 2.24) is 29.9 Å². The third-order valence-corrected chi connectivity index (χ3v) is 5.66. The molecule has 0 fully saturated rings. The summed E-state index contributed by atoms with van der Waals surface area (Å²) in [5.41, 5.74) is 4.28. The number of amides is 1. The largest absolute Gasteiger partial charge is 0.324 e. The van der Waals surface area contributed by atoms with E-state index in [0.717, 1.165) is 22.3 Å². The summed E-state index contributed by atoms with van der Waals surface area (Å²) >= 11 is 5.37. The lowest BCUT2D eigenvalue weighted by Crippen LogP contribution is -2.20. The minimum atomic E-state index is -0.235. The monoisotopic (exact) mass is 467 g/mol. The van der Waals surface area contributed by atoms with Crippen molar-refractivity contribution < 1.29 is 4.79 Å². The molecule has 0 atom stereocenters. The third-order valence-electron chi connectivity index (χ3n) is 5.34. The molecule has 5 aromatic rings. The van der Waals surface area contributed by atoms with Gasteiger partial charge in [-0.05, 0) is 31.3 Å². The Morgan fingerprint density at radius 2 is 1.65 bits per heavy atom. The van der Waals surface area contributed by atoms with Crippen molar-refractivity contribution >= 4 is 23.8 Å². The van der Waals surface area contributed by atoms with Gasteiger partial charge in [0, 0.05) is 16.7 Å². The Hall–Kier alpha value is -4.37. The van der Waals surface area contributed by atoms with Gasteiger partial charge in [-0.2, -0.15) is 10.2 Å². The Morgan fingerprint density at radius 3 is 2.44 bits per heavy atom. The lowest BCUT2D eigenvalue weighted by molar-refractivity contribution is -0.116. The molecule has 0 aliphatic rings. The molecule has 5 rings (SSSR count). The van der Waals surface area contributed by atoms with Crippen LogP contribution in [0.5, 0.6) is 0 Å². The fraction of sp³-hybridized carbons (Fsp3) is 0.0800. The van der Waals surface area contributed by atoms with Gasteiger partial charge >= 0.3 is 0 Å². The maximum Gasteiger partial charge on any atom is 0.244 e. The van der Waals surface area contributed by atoms with E-state index in [1.807, 2.05) is 85.8 Å². The molecule has 0 spiro atoms. The number of H-pyrrole nitrogens is 2. The van der Waals surface area contributed by atoms with Crippen molar-refractivity contribution in [3.63, 3.8) is 0 Å². The number of aryl methyl sites for hydroxylation is 1. The average Bonchev–Trinajstić information content (AvgIpc) is 3.48. The summed E-state index contributed by atoms with van der Waals surface area (Å²) in [6, 6.07) is 25.1. The van der Waals surface area contributed by atoms with Crippen LogP contribution in [-0.2, 0) is 11.3 Å². The van der Waals surface area contributed by atoms with Gasteiger partial charge in [0.2, 0.25) is 5.91 Å². The van der Waals surface area contributed by atoms with E-state index in [4.69, 9.17) is 12.2 Å². The van der Waals surface area contributed by atoms with Gasteiger partial charge in [-0.3, -0.25) is 19.6 Å². The standard InChI is InChI=1S/C25H21N7OS/c1-16-11-13-18(14-12-16)24-30-31-25(34)32(24)15-21(33)26-20-10-6-5-9-19(20)23-27-22(28-29-23)17-7-3-2-4-8-17/h2-14H,15H2,1H3,(H,26,33)(H,31,34)(H,27,28,29). The van der Waals surface area contributed by atoms with E-state index < -0.39 is 0 Å². The highest BCUT2D eigenvalue weighted by Gasteiger charge is 2.16. The maximum atomic E-state index is 13.0. The molecule has 0 unspecified atom stereocenters. The topological polar surface area (TPSA) is 104 Å². The van der Waals surface area contributed by atoms with E-state index in [2.05, 4.69) is 30.7 Å². The van der Waals surface area contributed by atoms with E-state index in [1.165, 1.54) is 0 Å². The van der Waals surface area contributed by atoms with Gasteiger partial charge in [-0.1, -0.05) is 72.3 Å². The lowest BCUT2D eigenvalue weighted by atomic mass is 10.1. The van der Waals surface area contributed by atoms with Gasteiger partial charge in [0.05, 0.1) is 5.69 Å². The van der Waals surface area contributed by atoms with Crippen LogP contribution in [0, 0.1) is 11.7 Å². The molecule has 1 amide bonds. The molecule has 0 bridgehead atoms. The molecule has 8 nitrogen and oxygen atoms in total. The van der Waals surface area contributed by atoms with Crippen LogP contribution in [0.25, 0.3) is 34.2 Å². The molecule has 168 valence electrons. The van der Waals surface area contributed by atoms with Gasteiger partial charge < -0.3 is 5.32 Å². The smallest absolute Gasteiger partial charge is 0.244 e. The fourth-order valence-corrected chi connectivity index (χ4v) is 3.81. The second-order valence-corrected chi connectivity index (χ2v) is 8.16. The van der Waals surface area contributed by atoms with Crippen molar-refractivity contribution in [3.8, 4) is 34.2 Å². The Balaban J connectivity index is 1.39. The number of nitrogens with one attached hydrogen (secondary N) is 3. The molecule has 0 aliphatic carbocycles. The number of aromatic amines is 2.